The Labute approximate surface area is 110 Å². The number of hydrogen-bond acceptors (Lipinski definition) is 3. The molecule has 0 spiro atoms. The summed E-state index contributed by atoms with van der Waals surface area (Å²) in [5, 5.41) is 4.09. The first-order valence-corrected chi connectivity index (χ1v) is 5.89. The molecule has 0 fully saturated rings. The fourth-order valence-electron chi connectivity index (χ4n) is 1.64. The van der Waals surface area contributed by atoms with Crippen molar-refractivity contribution in [1.82, 2.24) is 9.78 Å². The third kappa shape index (κ3) is 2.81. The van der Waals surface area contributed by atoms with Gasteiger partial charge < -0.3 is 5.73 Å². The Bertz CT molecular complexity index is 649. The number of rotatable bonds is 3. The highest BCUT2D eigenvalue weighted by atomic mass is 32.1. The summed E-state index contributed by atoms with van der Waals surface area (Å²) in [4.78, 5) is 12.1. The Morgan fingerprint density at radius 2 is 2.22 bits per heavy atom. The maximum absolute atomic E-state index is 11.7. The Hall–Kier alpha value is -2.01. The Balaban J connectivity index is 2.31. The minimum Gasteiger partial charge on any atom is -0.389 e. The van der Waals surface area contributed by atoms with Gasteiger partial charge in [0, 0.05) is 11.6 Å². The van der Waals surface area contributed by atoms with E-state index in [0.717, 1.165) is 16.7 Å². The molecule has 0 aliphatic rings. The quantitative estimate of drug-likeness (QED) is 0.842. The van der Waals surface area contributed by atoms with Gasteiger partial charge in [0.1, 0.15) is 4.99 Å². The second-order valence-corrected chi connectivity index (χ2v) is 4.53. The molecule has 0 aliphatic heterocycles. The monoisotopic (exact) mass is 259 g/mol. The van der Waals surface area contributed by atoms with Crippen molar-refractivity contribution >= 4 is 17.2 Å². The Morgan fingerprint density at radius 1 is 1.44 bits per heavy atom. The normalized spacial score (nSPS) is 10.3. The first-order chi connectivity index (χ1) is 8.56. The maximum Gasteiger partial charge on any atom is 0.267 e. The summed E-state index contributed by atoms with van der Waals surface area (Å²) in [7, 11) is 0. The molecule has 2 aromatic rings. The summed E-state index contributed by atoms with van der Waals surface area (Å²) in [5.74, 6) is 0. The number of benzene rings is 1. The van der Waals surface area contributed by atoms with Crippen molar-refractivity contribution in [3.63, 3.8) is 0 Å². The van der Waals surface area contributed by atoms with Crippen LogP contribution < -0.4 is 11.3 Å². The van der Waals surface area contributed by atoms with Crippen molar-refractivity contribution in [3.8, 4) is 0 Å². The van der Waals surface area contributed by atoms with E-state index < -0.39 is 0 Å². The van der Waals surface area contributed by atoms with Crippen LogP contribution in [0.25, 0.3) is 0 Å². The summed E-state index contributed by atoms with van der Waals surface area (Å²) in [5.41, 5.74) is 8.05. The third-order valence-electron chi connectivity index (χ3n) is 2.55. The van der Waals surface area contributed by atoms with E-state index in [1.54, 1.807) is 12.3 Å². The molecule has 4 nitrogen and oxygen atoms in total. The van der Waals surface area contributed by atoms with Crippen LogP contribution in [-0.2, 0) is 6.54 Å². The molecule has 18 heavy (non-hydrogen) atoms. The number of aromatic nitrogens is 2. The van der Waals surface area contributed by atoms with Gasteiger partial charge in [0.05, 0.1) is 12.7 Å². The van der Waals surface area contributed by atoms with Crippen molar-refractivity contribution in [2.75, 3.05) is 0 Å². The molecule has 0 unspecified atom stereocenters. The van der Waals surface area contributed by atoms with Crippen LogP contribution in [0.15, 0.2) is 41.3 Å². The lowest BCUT2D eigenvalue weighted by Gasteiger charge is -2.06. The van der Waals surface area contributed by atoms with E-state index in [0.29, 0.717) is 11.5 Å². The van der Waals surface area contributed by atoms with Crippen LogP contribution in [0, 0.1) is 6.92 Å². The highest BCUT2D eigenvalue weighted by Gasteiger charge is 2.02. The fourth-order valence-corrected chi connectivity index (χ4v) is 1.77. The van der Waals surface area contributed by atoms with E-state index in [9.17, 15) is 4.79 Å². The van der Waals surface area contributed by atoms with Crippen LogP contribution in [0.1, 0.15) is 16.7 Å². The van der Waals surface area contributed by atoms with E-state index in [2.05, 4.69) is 5.10 Å². The number of nitrogens with two attached hydrogens (primary N) is 1. The lowest BCUT2D eigenvalue weighted by molar-refractivity contribution is 0.636. The number of thiocarbonyl (C=S) groups is 1. The van der Waals surface area contributed by atoms with Crippen molar-refractivity contribution in [2.45, 2.75) is 13.5 Å². The molecule has 2 rings (SSSR count). The molecule has 0 bridgehead atoms. The van der Waals surface area contributed by atoms with Gasteiger partial charge in [-0.3, -0.25) is 4.79 Å². The zero-order chi connectivity index (χ0) is 13.1. The van der Waals surface area contributed by atoms with Crippen LogP contribution in [0.4, 0.5) is 0 Å². The SMILES string of the molecule is Cc1cnn(Cc2cccc(C(N)=S)c2)c(=O)c1. The molecule has 2 N–H and O–H groups in total. The summed E-state index contributed by atoms with van der Waals surface area (Å²) in [6.45, 7) is 2.25. The largest absolute Gasteiger partial charge is 0.389 e. The maximum atomic E-state index is 11.7. The first kappa shape index (κ1) is 12.4. The van der Waals surface area contributed by atoms with E-state index in [-0.39, 0.29) is 5.56 Å². The van der Waals surface area contributed by atoms with Crippen LogP contribution in [-0.4, -0.2) is 14.8 Å². The zero-order valence-corrected chi connectivity index (χ0v) is 10.8. The van der Waals surface area contributed by atoms with Gasteiger partial charge in [-0.25, -0.2) is 4.68 Å². The molecule has 0 amide bonds. The fraction of sp³-hybridized carbons (Fsp3) is 0.154. The highest BCUT2D eigenvalue weighted by molar-refractivity contribution is 7.80. The first-order valence-electron chi connectivity index (χ1n) is 5.49. The summed E-state index contributed by atoms with van der Waals surface area (Å²) >= 11 is 4.92. The molecule has 0 aliphatic carbocycles. The van der Waals surface area contributed by atoms with Gasteiger partial charge >= 0.3 is 0 Å². The van der Waals surface area contributed by atoms with Crippen molar-refractivity contribution in [3.05, 3.63) is 63.6 Å². The number of hydrogen-bond donors (Lipinski definition) is 1. The molecule has 5 heteroatoms. The van der Waals surface area contributed by atoms with E-state index >= 15 is 0 Å². The van der Waals surface area contributed by atoms with Gasteiger partial charge in [0.2, 0.25) is 0 Å². The molecule has 1 heterocycles. The molecule has 1 aromatic heterocycles. The van der Waals surface area contributed by atoms with E-state index in [1.807, 2.05) is 31.2 Å². The van der Waals surface area contributed by atoms with Crippen LogP contribution in [0.5, 0.6) is 0 Å². The predicted octanol–water partition coefficient (Wildman–Crippen LogP) is 1.23. The van der Waals surface area contributed by atoms with Crippen molar-refractivity contribution in [1.29, 1.82) is 0 Å². The standard InChI is InChI=1S/C13H13N3OS/c1-9-5-12(17)16(15-7-9)8-10-3-2-4-11(6-10)13(14)18/h2-7H,8H2,1H3,(H2,14,18). The van der Waals surface area contributed by atoms with Gasteiger partial charge in [0.25, 0.3) is 5.56 Å². The van der Waals surface area contributed by atoms with E-state index in [4.69, 9.17) is 18.0 Å². The lowest BCUT2D eigenvalue weighted by atomic mass is 10.1. The van der Waals surface area contributed by atoms with Crippen molar-refractivity contribution in [2.24, 2.45) is 5.73 Å². The van der Waals surface area contributed by atoms with Gasteiger partial charge in [0.15, 0.2) is 0 Å². The smallest absolute Gasteiger partial charge is 0.267 e. The predicted molar refractivity (Wildman–Crippen MR) is 74.7 cm³/mol. The van der Waals surface area contributed by atoms with Crippen LogP contribution in [0.2, 0.25) is 0 Å². The third-order valence-corrected chi connectivity index (χ3v) is 2.79. The summed E-state index contributed by atoms with van der Waals surface area (Å²) in [6, 6.07) is 9.05. The van der Waals surface area contributed by atoms with Crippen LogP contribution in [0.3, 0.4) is 0 Å². The average Bonchev–Trinajstić information content (AvgIpc) is 2.33. The van der Waals surface area contributed by atoms with Gasteiger partial charge in [-0.15, -0.1) is 0 Å². The number of aryl methyl sites for hydroxylation is 1. The van der Waals surface area contributed by atoms with E-state index in [1.165, 1.54) is 4.68 Å². The number of nitrogens with zero attached hydrogens (tertiary/aromatic N) is 2. The summed E-state index contributed by atoms with van der Waals surface area (Å²) < 4.78 is 1.41. The topological polar surface area (TPSA) is 60.9 Å². The minimum absolute atomic E-state index is 0.115. The Kier molecular flexibility index (Phi) is 3.53. The van der Waals surface area contributed by atoms with Gasteiger partial charge in [-0.1, -0.05) is 30.4 Å². The average molecular weight is 259 g/mol. The molecular weight excluding hydrogens is 246 g/mol. The lowest BCUT2D eigenvalue weighted by Crippen LogP contribution is -2.22. The zero-order valence-electron chi connectivity index (χ0n) is 9.96. The molecule has 0 saturated carbocycles. The second kappa shape index (κ2) is 5.10. The van der Waals surface area contributed by atoms with Gasteiger partial charge in [-0.05, 0) is 24.1 Å². The molecule has 0 atom stereocenters. The van der Waals surface area contributed by atoms with Gasteiger partial charge in [-0.2, -0.15) is 5.10 Å². The summed E-state index contributed by atoms with van der Waals surface area (Å²) in [6.07, 6.45) is 1.67. The minimum atomic E-state index is -0.115. The highest BCUT2D eigenvalue weighted by Crippen LogP contribution is 2.06. The van der Waals surface area contributed by atoms with Crippen molar-refractivity contribution < 1.29 is 0 Å². The molecule has 1 aromatic carbocycles. The molecular formula is C13H13N3OS. The Morgan fingerprint density at radius 3 is 2.89 bits per heavy atom. The second-order valence-electron chi connectivity index (χ2n) is 4.09. The molecule has 0 saturated heterocycles. The van der Waals surface area contributed by atoms with Crippen LogP contribution >= 0.6 is 12.2 Å². The molecule has 92 valence electrons. The molecule has 0 radical (unpaired) electrons.